The second-order valence-electron chi connectivity index (χ2n) is 4.74. The number of rotatable bonds is 5. The summed E-state index contributed by atoms with van der Waals surface area (Å²) in [4.78, 5) is 11.8. The molecule has 0 amide bonds. The molecule has 1 aromatic carbocycles. The van der Waals surface area contributed by atoms with Gasteiger partial charge < -0.3 is 15.2 Å². The zero-order valence-corrected chi connectivity index (χ0v) is 11.5. The minimum Gasteiger partial charge on any atom is -0.478 e. The normalized spacial score (nSPS) is 18.8. The third kappa shape index (κ3) is 2.89. The largest absolute Gasteiger partial charge is 0.478 e. The van der Waals surface area contributed by atoms with Crippen LogP contribution in [0.25, 0.3) is 0 Å². The summed E-state index contributed by atoms with van der Waals surface area (Å²) >= 11 is 0. The Hall–Kier alpha value is -1.55. The van der Waals surface area contributed by atoms with E-state index in [1.165, 1.54) is 0 Å². The van der Waals surface area contributed by atoms with Crippen molar-refractivity contribution in [3.05, 3.63) is 29.3 Å². The van der Waals surface area contributed by atoms with Crippen molar-refractivity contribution in [2.45, 2.75) is 45.3 Å². The van der Waals surface area contributed by atoms with Crippen LogP contribution >= 0.6 is 0 Å². The van der Waals surface area contributed by atoms with Gasteiger partial charge in [0.15, 0.2) is 6.10 Å². The molecule has 2 rings (SSSR count). The summed E-state index contributed by atoms with van der Waals surface area (Å²) in [7, 11) is 0. The molecule has 2 atom stereocenters. The van der Waals surface area contributed by atoms with Gasteiger partial charge in [-0.3, -0.25) is 0 Å². The Morgan fingerprint density at radius 3 is 2.95 bits per heavy atom. The summed E-state index contributed by atoms with van der Waals surface area (Å²) in [5.74, 6) is 0.468. The van der Waals surface area contributed by atoms with Crippen LogP contribution in [0.2, 0.25) is 0 Å². The van der Waals surface area contributed by atoms with E-state index in [-0.39, 0.29) is 12.0 Å². The minimum atomic E-state index is -0.539. The molecule has 4 heteroatoms. The molecule has 1 aromatic rings. The van der Waals surface area contributed by atoms with Crippen LogP contribution in [0.15, 0.2) is 18.2 Å². The Morgan fingerprint density at radius 2 is 2.26 bits per heavy atom. The van der Waals surface area contributed by atoms with Gasteiger partial charge in [0.05, 0.1) is 6.61 Å². The first-order chi connectivity index (χ1) is 9.17. The highest BCUT2D eigenvalue weighted by molar-refractivity contribution is 5.75. The third-order valence-electron chi connectivity index (χ3n) is 3.46. The molecule has 0 heterocycles. The number of carbonyl (C=O) groups is 1. The quantitative estimate of drug-likeness (QED) is 0.828. The lowest BCUT2D eigenvalue weighted by atomic mass is 10.1. The Kier molecular flexibility index (Phi) is 4.43. The Labute approximate surface area is 113 Å². The second kappa shape index (κ2) is 6.06. The number of carbonyl (C=O) groups excluding carboxylic acids is 1. The number of nitrogens with two attached hydrogens (primary N) is 1. The van der Waals surface area contributed by atoms with Gasteiger partial charge in [-0.1, -0.05) is 19.1 Å². The molecular formula is C15H21NO3. The number of hydrogen-bond donors (Lipinski definition) is 1. The molecule has 0 aliphatic heterocycles. The number of benzene rings is 1. The van der Waals surface area contributed by atoms with Crippen molar-refractivity contribution in [2.75, 3.05) is 6.61 Å². The fourth-order valence-corrected chi connectivity index (χ4v) is 2.45. The maximum atomic E-state index is 11.8. The van der Waals surface area contributed by atoms with Crippen LogP contribution < -0.4 is 10.5 Å². The van der Waals surface area contributed by atoms with Crippen molar-refractivity contribution in [3.63, 3.8) is 0 Å². The smallest absolute Gasteiger partial charge is 0.347 e. The van der Waals surface area contributed by atoms with Crippen molar-refractivity contribution in [3.8, 4) is 5.75 Å². The Balaban J connectivity index is 2.17. The molecule has 0 aromatic heterocycles. The highest BCUT2D eigenvalue weighted by Crippen LogP contribution is 2.36. The molecule has 0 saturated heterocycles. The monoisotopic (exact) mass is 263 g/mol. The summed E-state index contributed by atoms with van der Waals surface area (Å²) in [6, 6.07) is 5.95. The van der Waals surface area contributed by atoms with Gasteiger partial charge in [-0.05, 0) is 43.4 Å². The molecule has 104 valence electrons. The van der Waals surface area contributed by atoms with Crippen LogP contribution in [0.3, 0.4) is 0 Å². The number of hydrogen-bond acceptors (Lipinski definition) is 4. The summed E-state index contributed by atoms with van der Waals surface area (Å²) in [6.07, 6.45) is 1.90. The van der Waals surface area contributed by atoms with Crippen LogP contribution in [0, 0.1) is 0 Å². The zero-order valence-electron chi connectivity index (χ0n) is 11.5. The fraction of sp³-hybridized carbons (Fsp3) is 0.533. The van der Waals surface area contributed by atoms with E-state index in [4.69, 9.17) is 15.2 Å². The van der Waals surface area contributed by atoms with E-state index in [2.05, 4.69) is 0 Å². The van der Waals surface area contributed by atoms with Crippen LogP contribution in [-0.2, 0) is 16.0 Å². The topological polar surface area (TPSA) is 61.5 Å². The molecule has 4 nitrogen and oxygen atoms in total. The average molecular weight is 263 g/mol. The predicted molar refractivity (Wildman–Crippen MR) is 73.0 cm³/mol. The van der Waals surface area contributed by atoms with Crippen molar-refractivity contribution >= 4 is 5.97 Å². The molecule has 2 N–H and O–H groups in total. The van der Waals surface area contributed by atoms with Gasteiger partial charge in [-0.2, -0.15) is 0 Å². The van der Waals surface area contributed by atoms with Crippen LogP contribution in [0.5, 0.6) is 5.75 Å². The van der Waals surface area contributed by atoms with Gasteiger partial charge in [0, 0.05) is 6.04 Å². The second-order valence-corrected chi connectivity index (χ2v) is 4.74. The van der Waals surface area contributed by atoms with E-state index in [0.29, 0.717) is 13.0 Å². The van der Waals surface area contributed by atoms with E-state index < -0.39 is 6.10 Å². The van der Waals surface area contributed by atoms with E-state index in [1.54, 1.807) is 6.92 Å². The molecule has 0 saturated carbocycles. The summed E-state index contributed by atoms with van der Waals surface area (Å²) in [5, 5.41) is 0. The van der Waals surface area contributed by atoms with Gasteiger partial charge in [0.1, 0.15) is 5.75 Å². The van der Waals surface area contributed by atoms with Crippen molar-refractivity contribution < 1.29 is 14.3 Å². The third-order valence-corrected chi connectivity index (χ3v) is 3.46. The van der Waals surface area contributed by atoms with Gasteiger partial charge in [0.25, 0.3) is 0 Å². The van der Waals surface area contributed by atoms with Gasteiger partial charge in [0.2, 0.25) is 0 Å². The summed E-state index contributed by atoms with van der Waals surface area (Å²) in [5.41, 5.74) is 8.31. The standard InChI is InChI=1S/C15H21NO3/c1-3-13(15(17)18-4-2)19-14-7-5-6-10-11(14)8-9-12(10)16/h5-7,12-13H,3-4,8-9,16H2,1-2H3. The highest BCUT2D eigenvalue weighted by atomic mass is 16.6. The Morgan fingerprint density at radius 1 is 1.47 bits per heavy atom. The Bertz CT molecular complexity index is 459. The predicted octanol–water partition coefficient (Wildman–Crippen LogP) is 2.35. The van der Waals surface area contributed by atoms with Crippen molar-refractivity contribution in [2.24, 2.45) is 5.73 Å². The van der Waals surface area contributed by atoms with Crippen molar-refractivity contribution in [1.29, 1.82) is 0 Å². The van der Waals surface area contributed by atoms with Gasteiger partial charge in [-0.15, -0.1) is 0 Å². The average Bonchev–Trinajstić information content (AvgIpc) is 2.79. The molecule has 0 radical (unpaired) electrons. The fourth-order valence-electron chi connectivity index (χ4n) is 2.45. The lowest BCUT2D eigenvalue weighted by Crippen LogP contribution is -2.29. The van der Waals surface area contributed by atoms with E-state index in [0.717, 1.165) is 29.7 Å². The van der Waals surface area contributed by atoms with Crippen molar-refractivity contribution in [1.82, 2.24) is 0 Å². The van der Waals surface area contributed by atoms with Gasteiger partial charge in [-0.25, -0.2) is 4.79 Å². The molecule has 1 aliphatic rings. The molecule has 0 bridgehead atoms. The van der Waals surface area contributed by atoms with Gasteiger partial charge >= 0.3 is 5.97 Å². The molecule has 1 aliphatic carbocycles. The first-order valence-electron chi connectivity index (χ1n) is 6.88. The number of ether oxygens (including phenoxy) is 2. The van der Waals surface area contributed by atoms with E-state index >= 15 is 0 Å². The maximum absolute atomic E-state index is 11.8. The zero-order chi connectivity index (χ0) is 13.8. The first kappa shape index (κ1) is 13.9. The lowest BCUT2D eigenvalue weighted by molar-refractivity contribution is -0.151. The molecule has 2 unspecified atom stereocenters. The highest BCUT2D eigenvalue weighted by Gasteiger charge is 2.25. The maximum Gasteiger partial charge on any atom is 0.347 e. The molecule has 0 spiro atoms. The summed E-state index contributed by atoms with van der Waals surface area (Å²) < 4.78 is 10.9. The summed E-state index contributed by atoms with van der Waals surface area (Å²) in [6.45, 7) is 4.08. The SMILES string of the molecule is CCOC(=O)C(CC)Oc1cccc2c1CCC2N. The van der Waals surface area contributed by atoms with Crippen LogP contribution in [-0.4, -0.2) is 18.7 Å². The molecule has 19 heavy (non-hydrogen) atoms. The molecule has 0 fully saturated rings. The molecular weight excluding hydrogens is 242 g/mol. The van der Waals surface area contributed by atoms with Crippen LogP contribution in [0.1, 0.15) is 43.9 Å². The number of fused-ring (bicyclic) bond motifs is 1. The lowest BCUT2D eigenvalue weighted by Gasteiger charge is -2.18. The minimum absolute atomic E-state index is 0.0845. The van der Waals surface area contributed by atoms with E-state index in [1.807, 2.05) is 25.1 Å². The van der Waals surface area contributed by atoms with Crippen LogP contribution in [0.4, 0.5) is 0 Å². The number of esters is 1. The first-order valence-corrected chi connectivity index (χ1v) is 6.88. The van der Waals surface area contributed by atoms with E-state index in [9.17, 15) is 4.79 Å².